The Bertz CT molecular complexity index is 980. The largest absolute Gasteiger partial charge is 0.461 e. The smallest absolute Gasteiger partial charge is 0.328 e. The number of hydrogen-bond donors (Lipinski definition) is 2. The first-order valence-corrected chi connectivity index (χ1v) is 11.1. The lowest BCUT2D eigenvalue weighted by atomic mass is 10.1. The van der Waals surface area contributed by atoms with Crippen LogP contribution in [0.2, 0.25) is 0 Å². The van der Waals surface area contributed by atoms with Gasteiger partial charge < -0.3 is 25.3 Å². The average Bonchev–Trinajstić information content (AvgIpc) is 2.88. The molecule has 0 unspecified atom stereocenters. The third kappa shape index (κ3) is 10.7. The summed E-state index contributed by atoms with van der Waals surface area (Å²) in [6, 6.07) is 15.7. The van der Waals surface area contributed by atoms with Gasteiger partial charge in [0.15, 0.2) is 0 Å². The first-order chi connectivity index (χ1) is 16.9. The molecule has 0 aliphatic heterocycles. The molecule has 0 spiro atoms. The molecule has 186 valence electrons. The van der Waals surface area contributed by atoms with Crippen molar-refractivity contribution in [3.05, 3.63) is 84.4 Å². The Hall–Kier alpha value is -3.98. The maximum atomic E-state index is 12.7. The van der Waals surface area contributed by atoms with Crippen molar-refractivity contribution in [2.45, 2.75) is 44.6 Å². The Labute approximate surface area is 204 Å². The Morgan fingerprint density at radius 2 is 1.43 bits per heavy atom. The third-order valence-corrected chi connectivity index (χ3v) is 4.79. The predicted molar refractivity (Wildman–Crippen MR) is 127 cm³/mol. The van der Waals surface area contributed by atoms with Crippen molar-refractivity contribution in [3.63, 3.8) is 0 Å². The third-order valence-electron chi connectivity index (χ3n) is 4.79. The summed E-state index contributed by atoms with van der Waals surface area (Å²) in [6.07, 6.45) is 0.791. The molecule has 9 heteroatoms. The van der Waals surface area contributed by atoms with Crippen LogP contribution in [0.4, 0.5) is 0 Å². The van der Waals surface area contributed by atoms with Crippen molar-refractivity contribution in [1.82, 2.24) is 5.32 Å². The molecule has 0 aliphatic carbocycles. The van der Waals surface area contributed by atoms with Gasteiger partial charge in [0.2, 0.25) is 5.91 Å². The van der Waals surface area contributed by atoms with E-state index in [2.05, 4.69) is 11.9 Å². The fourth-order valence-corrected chi connectivity index (χ4v) is 2.91. The minimum absolute atomic E-state index is 0.00724. The molecule has 2 aromatic carbocycles. The highest BCUT2D eigenvalue weighted by Crippen LogP contribution is 2.08. The first-order valence-electron chi connectivity index (χ1n) is 11.1. The van der Waals surface area contributed by atoms with E-state index in [1.165, 1.54) is 6.08 Å². The van der Waals surface area contributed by atoms with Gasteiger partial charge in [0, 0.05) is 6.42 Å². The Kier molecular flexibility index (Phi) is 11.7. The highest BCUT2D eigenvalue weighted by Gasteiger charge is 2.27. The predicted octanol–water partition coefficient (Wildman–Crippen LogP) is 2.18. The van der Waals surface area contributed by atoms with E-state index >= 15 is 0 Å². The van der Waals surface area contributed by atoms with E-state index < -0.39 is 35.9 Å². The standard InChI is InChI=1S/C26H30N2O7/c1-2-15-33-24(30)16-21(27)25(31)28-22(26(32)35-18-20-11-7-4-8-12-20)13-14-23(29)34-17-19-9-5-3-6-10-19/h2-12,21-22H,1,13-18,27H2,(H,28,31)/t21-,22-/m0/s1. The van der Waals surface area contributed by atoms with E-state index in [0.717, 1.165) is 11.1 Å². The van der Waals surface area contributed by atoms with Gasteiger partial charge in [0.1, 0.15) is 25.9 Å². The number of carbonyl (C=O) groups excluding carboxylic acids is 4. The van der Waals surface area contributed by atoms with Crippen molar-refractivity contribution >= 4 is 23.8 Å². The number of carbonyl (C=O) groups is 4. The zero-order valence-electron chi connectivity index (χ0n) is 19.4. The second-order valence-electron chi connectivity index (χ2n) is 7.62. The number of nitrogens with two attached hydrogens (primary N) is 1. The zero-order valence-corrected chi connectivity index (χ0v) is 19.4. The van der Waals surface area contributed by atoms with E-state index in [1.54, 1.807) is 24.3 Å². The maximum absolute atomic E-state index is 12.7. The van der Waals surface area contributed by atoms with Crippen LogP contribution in [0.3, 0.4) is 0 Å². The molecule has 3 N–H and O–H groups in total. The second-order valence-corrected chi connectivity index (χ2v) is 7.62. The molecule has 0 aliphatic rings. The summed E-state index contributed by atoms with van der Waals surface area (Å²) < 4.78 is 15.4. The topological polar surface area (TPSA) is 134 Å². The molecule has 0 saturated carbocycles. The van der Waals surface area contributed by atoms with E-state index in [1.807, 2.05) is 36.4 Å². The lowest BCUT2D eigenvalue weighted by molar-refractivity contribution is -0.150. The van der Waals surface area contributed by atoms with Gasteiger partial charge in [-0.25, -0.2) is 4.79 Å². The normalized spacial score (nSPS) is 12.0. The Morgan fingerprint density at radius 1 is 0.857 bits per heavy atom. The van der Waals surface area contributed by atoms with Gasteiger partial charge >= 0.3 is 17.9 Å². The van der Waals surface area contributed by atoms with Crippen LogP contribution >= 0.6 is 0 Å². The molecule has 2 atom stereocenters. The summed E-state index contributed by atoms with van der Waals surface area (Å²) in [7, 11) is 0. The number of ether oxygens (including phenoxy) is 3. The molecule has 0 saturated heterocycles. The van der Waals surface area contributed by atoms with Crippen molar-refractivity contribution < 1.29 is 33.4 Å². The Balaban J connectivity index is 1.94. The van der Waals surface area contributed by atoms with Crippen molar-refractivity contribution in [2.75, 3.05) is 6.61 Å². The number of rotatable bonds is 14. The number of esters is 3. The van der Waals surface area contributed by atoms with E-state index in [9.17, 15) is 19.2 Å². The van der Waals surface area contributed by atoms with Crippen LogP contribution < -0.4 is 11.1 Å². The molecule has 0 aromatic heterocycles. The maximum Gasteiger partial charge on any atom is 0.328 e. The molecular weight excluding hydrogens is 452 g/mol. The SMILES string of the molecule is C=CCOC(=O)C[C@H](N)C(=O)N[C@@H](CCC(=O)OCc1ccccc1)C(=O)OCc1ccccc1. The number of hydrogen-bond acceptors (Lipinski definition) is 8. The molecule has 0 heterocycles. The van der Waals surface area contributed by atoms with Gasteiger partial charge in [-0.2, -0.15) is 0 Å². The fourth-order valence-electron chi connectivity index (χ4n) is 2.91. The van der Waals surface area contributed by atoms with Gasteiger partial charge in [-0.3, -0.25) is 14.4 Å². The van der Waals surface area contributed by atoms with Crippen molar-refractivity contribution in [2.24, 2.45) is 5.73 Å². The summed E-state index contributed by atoms with van der Waals surface area (Å²) in [5.41, 5.74) is 7.37. The van der Waals surface area contributed by atoms with Crippen molar-refractivity contribution in [3.8, 4) is 0 Å². The molecule has 2 aromatic rings. The van der Waals surface area contributed by atoms with Gasteiger partial charge in [-0.05, 0) is 17.5 Å². The fraction of sp³-hybridized carbons (Fsp3) is 0.308. The highest BCUT2D eigenvalue weighted by atomic mass is 16.5. The molecule has 2 rings (SSSR count). The summed E-state index contributed by atoms with van der Waals surface area (Å²) in [5, 5.41) is 2.47. The monoisotopic (exact) mass is 482 g/mol. The van der Waals surface area contributed by atoms with Crippen LogP contribution in [-0.2, 0) is 46.6 Å². The minimum atomic E-state index is -1.25. The van der Waals surface area contributed by atoms with E-state index in [-0.39, 0.29) is 39.1 Å². The molecule has 35 heavy (non-hydrogen) atoms. The highest BCUT2D eigenvalue weighted by molar-refractivity contribution is 5.90. The van der Waals surface area contributed by atoms with Crippen LogP contribution in [-0.4, -0.2) is 42.5 Å². The number of benzene rings is 2. The quantitative estimate of drug-likeness (QED) is 0.238. The summed E-state index contributed by atoms with van der Waals surface area (Å²) in [5.74, 6) is -2.71. The van der Waals surface area contributed by atoms with E-state index in [0.29, 0.717) is 0 Å². The van der Waals surface area contributed by atoms with Gasteiger partial charge in [0.05, 0.1) is 12.5 Å². The van der Waals surface area contributed by atoms with Crippen LogP contribution in [0, 0.1) is 0 Å². The second kappa shape index (κ2) is 15.0. The number of amides is 1. The molecule has 0 bridgehead atoms. The van der Waals surface area contributed by atoms with E-state index in [4.69, 9.17) is 19.9 Å². The zero-order chi connectivity index (χ0) is 25.5. The molecule has 9 nitrogen and oxygen atoms in total. The average molecular weight is 483 g/mol. The minimum Gasteiger partial charge on any atom is -0.461 e. The lowest BCUT2D eigenvalue weighted by Gasteiger charge is -2.20. The van der Waals surface area contributed by atoms with Gasteiger partial charge in [0.25, 0.3) is 0 Å². The van der Waals surface area contributed by atoms with Crippen LogP contribution in [0.15, 0.2) is 73.3 Å². The first kappa shape index (κ1) is 27.3. The lowest BCUT2D eigenvalue weighted by Crippen LogP contribution is -2.49. The van der Waals surface area contributed by atoms with Crippen LogP contribution in [0.1, 0.15) is 30.4 Å². The van der Waals surface area contributed by atoms with Gasteiger partial charge in [-0.15, -0.1) is 0 Å². The Morgan fingerprint density at radius 3 is 2.00 bits per heavy atom. The van der Waals surface area contributed by atoms with Crippen LogP contribution in [0.25, 0.3) is 0 Å². The summed E-state index contributed by atoms with van der Waals surface area (Å²) in [6.45, 7) is 3.51. The van der Waals surface area contributed by atoms with Gasteiger partial charge in [-0.1, -0.05) is 73.3 Å². The number of nitrogens with one attached hydrogen (secondary N) is 1. The van der Waals surface area contributed by atoms with Crippen molar-refractivity contribution in [1.29, 1.82) is 0 Å². The molecule has 0 fully saturated rings. The molecular formula is C26H30N2O7. The molecule has 0 radical (unpaired) electrons. The summed E-state index contributed by atoms with van der Waals surface area (Å²) in [4.78, 5) is 49.1. The van der Waals surface area contributed by atoms with Crippen LogP contribution in [0.5, 0.6) is 0 Å². The summed E-state index contributed by atoms with van der Waals surface area (Å²) >= 11 is 0. The molecule has 1 amide bonds.